The van der Waals surface area contributed by atoms with Crippen molar-refractivity contribution in [1.82, 2.24) is 0 Å². The predicted molar refractivity (Wildman–Crippen MR) is 93.8 cm³/mol. The van der Waals surface area contributed by atoms with E-state index < -0.39 is 11.6 Å². The van der Waals surface area contributed by atoms with Gasteiger partial charge in [0.1, 0.15) is 5.60 Å². The van der Waals surface area contributed by atoms with Crippen LogP contribution >= 0.6 is 0 Å². The third-order valence-corrected chi connectivity index (χ3v) is 3.15. The fourth-order valence-electron chi connectivity index (χ4n) is 2.12. The van der Waals surface area contributed by atoms with Crippen molar-refractivity contribution in [2.45, 2.75) is 38.8 Å². The zero-order valence-corrected chi connectivity index (χ0v) is 13.9. The average molecular weight is 309 g/mol. The highest BCUT2D eigenvalue weighted by atomic mass is 16.6. The topological polar surface area (TPSA) is 38.7 Å². The molecule has 0 aliphatic rings. The summed E-state index contributed by atoms with van der Waals surface area (Å²) < 4.78 is 5.51. The van der Waals surface area contributed by atoms with Gasteiger partial charge in [-0.2, -0.15) is 0 Å². The lowest BCUT2D eigenvalue weighted by Gasteiger charge is -2.22. The van der Waals surface area contributed by atoms with Gasteiger partial charge in [-0.15, -0.1) is 0 Å². The van der Waals surface area contributed by atoms with Crippen molar-refractivity contribution < 1.29 is 9.53 Å². The van der Waals surface area contributed by atoms with Crippen LogP contribution in [0.15, 0.2) is 65.7 Å². The van der Waals surface area contributed by atoms with E-state index in [9.17, 15) is 4.79 Å². The van der Waals surface area contributed by atoms with Crippen molar-refractivity contribution in [1.29, 1.82) is 0 Å². The van der Waals surface area contributed by atoms with E-state index in [0.29, 0.717) is 6.42 Å². The fourth-order valence-corrected chi connectivity index (χ4v) is 2.12. The Morgan fingerprint density at radius 3 is 2.17 bits per heavy atom. The molecule has 2 aromatic carbocycles. The number of hydrogen-bond donors (Lipinski definition) is 0. The highest BCUT2D eigenvalue weighted by Crippen LogP contribution is 2.13. The number of hydrogen-bond acceptors (Lipinski definition) is 3. The van der Waals surface area contributed by atoms with E-state index in [1.165, 1.54) is 0 Å². The number of benzene rings is 2. The van der Waals surface area contributed by atoms with Crippen LogP contribution in [0.4, 0.5) is 0 Å². The molecule has 0 unspecified atom stereocenters. The Kier molecular flexibility index (Phi) is 5.69. The molecule has 3 heteroatoms. The largest absolute Gasteiger partial charge is 0.458 e. The number of ether oxygens (including phenoxy) is 1. The number of aliphatic imine (C=N–C) groups is 1. The van der Waals surface area contributed by atoms with Gasteiger partial charge < -0.3 is 4.74 Å². The minimum atomic E-state index is -0.545. The standard InChI is InChI=1S/C20H23NO2/c1-20(2,3)23-19(22)18(14-16-10-6-4-7-11-16)21-15-17-12-8-5-9-13-17/h4-13,15,18H,14H2,1-3H3/t18-/m1/s1. The first-order chi connectivity index (χ1) is 10.9. The number of carbonyl (C=O) groups excluding carboxylic acids is 1. The van der Waals surface area contributed by atoms with Gasteiger partial charge in [0, 0.05) is 12.6 Å². The van der Waals surface area contributed by atoms with Crippen LogP contribution in [0.2, 0.25) is 0 Å². The first-order valence-electron chi connectivity index (χ1n) is 7.79. The molecule has 0 aliphatic carbocycles. The molecule has 23 heavy (non-hydrogen) atoms. The predicted octanol–water partition coefficient (Wildman–Crippen LogP) is 4.06. The lowest BCUT2D eigenvalue weighted by molar-refractivity contribution is -0.156. The van der Waals surface area contributed by atoms with Gasteiger partial charge in [-0.3, -0.25) is 4.99 Å². The van der Waals surface area contributed by atoms with Crippen molar-refractivity contribution >= 4 is 12.2 Å². The lowest BCUT2D eigenvalue weighted by Crippen LogP contribution is -2.32. The third kappa shape index (κ3) is 6.07. The van der Waals surface area contributed by atoms with Crippen LogP contribution in [0.3, 0.4) is 0 Å². The van der Waals surface area contributed by atoms with Gasteiger partial charge >= 0.3 is 5.97 Å². The Hall–Kier alpha value is -2.42. The van der Waals surface area contributed by atoms with Gasteiger partial charge in [0.2, 0.25) is 0 Å². The zero-order valence-electron chi connectivity index (χ0n) is 13.9. The molecule has 2 rings (SSSR count). The molecule has 0 bridgehead atoms. The summed E-state index contributed by atoms with van der Waals surface area (Å²) >= 11 is 0. The molecule has 0 fully saturated rings. The van der Waals surface area contributed by atoms with E-state index in [-0.39, 0.29) is 5.97 Å². The summed E-state index contributed by atoms with van der Waals surface area (Å²) in [7, 11) is 0. The van der Waals surface area contributed by atoms with Crippen molar-refractivity contribution in [2.24, 2.45) is 4.99 Å². The van der Waals surface area contributed by atoms with Crippen LogP contribution in [0.5, 0.6) is 0 Å². The maximum Gasteiger partial charge on any atom is 0.331 e. The molecule has 0 saturated carbocycles. The molecular weight excluding hydrogens is 286 g/mol. The van der Waals surface area contributed by atoms with E-state index in [4.69, 9.17) is 4.74 Å². The first-order valence-corrected chi connectivity index (χ1v) is 7.79. The molecule has 0 radical (unpaired) electrons. The molecule has 0 aromatic heterocycles. The van der Waals surface area contributed by atoms with Gasteiger partial charge in [0.15, 0.2) is 6.04 Å². The quantitative estimate of drug-likeness (QED) is 0.617. The van der Waals surface area contributed by atoms with Crippen LogP contribution < -0.4 is 0 Å². The third-order valence-electron chi connectivity index (χ3n) is 3.15. The number of carbonyl (C=O) groups is 1. The Labute approximate surface area is 138 Å². The van der Waals surface area contributed by atoms with Crippen LogP contribution in [-0.2, 0) is 16.0 Å². The molecule has 0 saturated heterocycles. The van der Waals surface area contributed by atoms with E-state index in [1.54, 1.807) is 6.21 Å². The minimum absolute atomic E-state index is 0.298. The summed E-state index contributed by atoms with van der Waals surface area (Å²) in [6.07, 6.45) is 2.26. The molecule has 0 aliphatic heterocycles. The van der Waals surface area contributed by atoms with Crippen LogP contribution in [0.1, 0.15) is 31.9 Å². The molecule has 0 heterocycles. The molecule has 0 N–H and O–H groups in total. The Balaban J connectivity index is 2.17. The molecule has 1 atom stereocenters. The minimum Gasteiger partial charge on any atom is -0.458 e. The summed E-state index contributed by atoms with van der Waals surface area (Å²) in [6, 6.07) is 19.1. The zero-order chi connectivity index (χ0) is 16.7. The normalized spacial score (nSPS) is 13.0. The van der Waals surface area contributed by atoms with Gasteiger partial charge in [-0.1, -0.05) is 60.7 Å². The van der Waals surface area contributed by atoms with E-state index in [2.05, 4.69) is 4.99 Å². The van der Waals surface area contributed by atoms with Gasteiger partial charge in [0.25, 0.3) is 0 Å². The summed E-state index contributed by atoms with van der Waals surface area (Å²) in [5.41, 5.74) is 1.51. The smallest absolute Gasteiger partial charge is 0.331 e. The van der Waals surface area contributed by atoms with Crippen molar-refractivity contribution in [3.63, 3.8) is 0 Å². The van der Waals surface area contributed by atoms with Crippen LogP contribution in [0.25, 0.3) is 0 Å². The van der Waals surface area contributed by atoms with Crippen LogP contribution in [0, 0.1) is 0 Å². The van der Waals surface area contributed by atoms with E-state index in [1.807, 2.05) is 81.4 Å². The molecule has 0 spiro atoms. The molecular formula is C20H23NO2. The van der Waals surface area contributed by atoms with E-state index in [0.717, 1.165) is 11.1 Å². The lowest BCUT2D eigenvalue weighted by atomic mass is 10.1. The molecule has 0 amide bonds. The molecule has 3 nitrogen and oxygen atoms in total. The molecule has 2 aromatic rings. The highest BCUT2D eigenvalue weighted by Gasteiger charge is 2.24. The Morgan fingerprint density at radius 2 is 1.61 bits per heavy atom. The number of rotatable bonds is 5. The number of esters is 1. The maximum atomic E-state index is 12.4. The summed E-state index contributed by atoms with van der Waals surface area (Å²) in [5.74, 6) is -0.298. The van der Waals surface area contributed by atoms with Crippen molar-refractivity contribution in [3.8, 4) is 0 Å². The van der Waals surface area contributed by atoms with Gasteiger partial charge in [-0.05, 0) is 31.9 Å². The first kappa shape index (κ1) is 16.9. The number of nitrogens with zero attached hydrogens (tertiary/aromatic N) is 1. The average Bonchev–Trinajstić information content (AvgIpc) is 2.51. The second-order valence-corrected chi connectivity index (χ2v) is 6.43. The Morgan fingerprint density at radius 1 is 1.04 bits per heavy atom. The summed E-state index contributed by atoms with van der Waals surface area (Å²) in [4.78, 5) is 16.9. The van der Waals surface area contributed by atoms with Gasteiger partial charge in [0.05, 0.1) is 0 Å². The fraction of sp³-hybridized carbons (Fsp3) is 0.300. The second kappa shape index (κ2) is 7.73. The monoisotopic (exact) mass is 309 g/mol. The summed E-state index contributed by atoms with van der Waals surface area (Å²) in [6.45, 7) is 5.60. The van der Waals surface area contributed by atoms with Crippen LogP contribution in [-0.4, -0.2) is 23.8 Å². The summed E-state index contributed by atoms with van der Waals surface area (Å²) in [5, 5.41) is 0. The Bertz CT molecular complexity index is 642. The van der Waals surface area contributed by atoms with Gasteiger partial charge in [-0.25, -0.2) is 4.79 Å². The van der Waals surface area contributed by atoms with E-state index >= 15 is 0 Å². The van der Waals surface area contributed by atoms with Crippen molar-refractivity contribution in [2.75, 3.05) is 0 Å². The maximum absolute atomic E-state index is 12.4. The SMILES string of the molecule is CC(C)(C)OC(=O)[C@@H](Cc1ccccc1)N=Cc1ccccc1. The molecule has 120 valence electrons. The highest BCUT2D eigenvalue weighted by molar-refractivity contribution is 5.84. The second-order valence-electron chi connectivity index (χ2n) is 6.43. The van der Waals surface area contributed by atoms with Crippen molar-refractivity contribution in [3.05, 3.63) is 71.8 Å².